The lowest BCUT2D eigenvalue weighted by molar-refractivity contribution is 0.458. The van der Waals surface area contributed by atoms with E-state index in [1.165, 1.54) is 24.0 Å². The smallest absolute Gasteiger partial charge is 0.0408 e. The van der Waals surface area contributed by atoms with E-state index in [1.54, 1.807) is 0 Å². The third-order valence-electron chi connectivity index (χ3n) is 3.29. The molecule has 0 saturated heterocycles. The average Bonchev–Trinajstić information content (AvgIpc) is 2.99. The predicted molar refractivity (Wildman–Crippen MR) is 58.6 cm³/mol. The third-order valence-corrected chi connectivity index (χ3v) is 3.53. The first-order valence-corrected chi connectivity index (χ1v) is 5.74. The van der Waals surface area contributed by atoms with E-state index in [9.17, 15) is 0 Å². The Labute approximate surface area is 89.5 Å². The van der Waals surface area contributed by atoms with Crippen LogP contribution in [0.3, 0.4) is 0 Å². The van der Waals surface area contributed by atoms with Crippen LogP contribution in [-0.2, 0) is 6.42 Å². The molecular formula is C12H14ClN. The Kier molecular flexibility index (Phi) is 2.03. The van der Waals surface area contributed by atoms with Crippen molar-refractivity contribution in [3.05, 3.63) is 34.3 Å². The quantitative estimate of drug-likeness (QED) is 0.747. The first-order valence-electron chi connectivity index (χ1n) is 5.36. The molecule has 1 aromatic carbocycles. The number of hydrogen-bond acceptors (Lipinski definition) is 1. The largest absolute Gasteiger partial charge is 0.309 e. The molecule has 14 heavy (non-hydrogen) atoms. The molecule has 1 fully saturated rings. The van der Waals surface area contributed by atoms with Gasteiger partial charge in [0.25, 0.3) is 0 Å². The molecule has 1 atom stereocenters. The van der Waals surface area contributed by atoms with E-state index in [0.717, 1.165) is 23.9 Å². The van der Waals surface area contributed by atoms with Crippen molar-refractivity contribution >= 4 is 11.6 Å². The van der Waals surface area contributed by atoms with Crippen LogP contribution >= 0.6 is 11.6 Å². The van der Waals surface area contributed by atoms with Gasteiger partial charge in [0.2, 0.25) is 0 Å². The van der Waals surface area contributed by atoms with Crippen LogP contribution in [0.1, 0.15) is 30.0 Å². The number of nitrogens with one attached hydrogen (secondary N) is 1. The van der Waals surface area contributed by atoms with Crippen LogP contribution in [0.15, 0.2) is 18.2 Å². The van der Waals surface area contributed by atoms with Crippen LogP contribution in [0.4, 0.5) is 0 Å². The maximum absolute atomic E-state index is 6.00. The minimum Gasteiger partial charge on any atom is -0.309 e. The van der Waals surface area contributed by atoms with Gasteiger partial charge in [-0.15, -0.1) is 0 Å². The summed E-state index contributed by atoms with van der Waals surface area (Å²) >= 11 is 6.00. The molecule has 0 radical (unpaired) electrons. The Hall–Kier alpha value is -0.530. The van der Waals surface area contributed by atoms with Crippen LogP contribution in [0, 0.1) is 5.92 Å². The standard InChI is InChI=1S/C12H14ClN/c13-10-3-4-11-9(7-10)5-6-14-12(11)8-1-2-8/h3-4,7-8,12,14H,1-2,5-6H2. The Morgan fingerprint density at radius 2 is 2.14 bits per heavy atom. The summed E-state index contributed by atoms with van der Waals surface area (Å²) in [7, 11) is 0. The highest BCUT2D eigenvalue weighted by Gasteiger charge is 2.34. The summed E-state index contributed by atoms with van der Waals surface area (Å²) in [6, 6.07) is 6.96. The maximum Gasteiger partial charge on any atom is 0.0408 e. The van der Waals surface area contributed by atoms with Gasteiger partial charge in [-0.2, -0.15) is 0 Å². The van der Waals surface area contributed by atoms with Gasteiger partial charge >= 0.3 is 0 Å². The van der Waals surface area contributed by atoms with Gasteiger partial charge in [0.1, 0.15) is 0 Å². The van der Waals surface area contributed by atoms with Crippen molar-refractivity contribution in [2.45, 2.75) is 25.3 Å². The fraction of sp³-hybridized carbons (Fsp3) is 0.500. The van der Waals surface area contributed by atoms with Gasteiger partial charge in [-0.05, 0) is 55.0 Å². The molecule has 3 rings (SSSR count). The summed E-state index contributed by atoms with van der Waals surface area (Å²) in [6.07, 6.45) is 3.90. The normalized spacial score (nSPS) is 25.9. The molecule has 0 amide bonds. The monoisotopic (exact) mass is 207 g/mol. The Bertz CT molecular complexity index is 357. The maximum atomic E-state index is 6.00. The molecule has 1 heterocycles. The molecule has 1 N–H and O–H groups in total. The van der Waals surface area contributed by atoms with Gasteiger partial charge in [0.05, 0.1) is 0 Å². The van der Waals surface area contributed by atoms with Crippen LogP contribution < -0.4 is 5.32 Å². The second-order valence-corrected chi connectivity index (χ2v) is 4.80. The molecule has 1 aliphatic heterocycles. The van der Waals surface area contributed by atoms with Crippen LogP contribution in [0.25, 0.3) is 0 Å². The summed E-state index contributed by atoms with van der Waals surface area (Å²) in [6.45, 7) is 1.11. The summed E-state index contributed by atoms with van der Waals surface area (Å²) < 4.78 is 0. The zero-order valence-corrected chi connectivity index (χ0v) is 8.85. The molecule has 1 nitrogen and oxygen atoms in total. The molecule has 2 heteroatoms. The lowest BCUT2D eigenvalue weighted by Crippen LogP contribution is -2.31. The van der Waals surface area contributed by atoms with Crippen molar-refractivity contribution in [3.63, 3.8) is 0 Å². The first-order chi connectivity index (χ1) is 6.84. The second kappa shape index (κ2) is 3.25. The van der Waals surface area contributed by atoms with Crippen LogP contribution in [0.5, 0.6) is 0 Å². The van der Waals surface area contributed by atoms with Crippen LogP contribution in [0.2, 0.25) is 5.02 Å². The highest BCUT2D eigenvalue weighted by atomic mass is 35.5. The molecular weight excluding hydrogens is 194 g/mol. The Morgan fingerprint density at radius 1 is 1.29 bits per heavy atom. The molecule has 0 bridgehead atoms. The zero-order valence-electron chi connectivity index (χ0n) is 8.09. The summed E-state index contributed by atoms with van der Waals surface area (Å²) in [4.78, 5) is 0. The second-order valence-electron chi connectivity index (χ2n) is 4.36. The summed E-state index contributed by atoms with van der Waals surface area (Å²) in [5, 5.41) is 4.49. The first kappa shape index (κ1) is 8.75. The zero-order chi connectivity index (χ0) is 9.54. The molecule has 1 aliphatic carbocycles. The lowest BCUT2D eigenvalue weighted by Gasteiger charge is -2.27. The van der Waals surface area contributed by atoms with Crippen LogP contribution in [-0.4, -0.2) is 6.54 Å². The van der Waals surface area contributed by atoms with E-state index in [0.29, 0.717) is 6.04 Å². The third kappa shape index (κ3) is 1.45. The highest BCUT2D eigenvalue weighted by Crippen LogP contribution is 2.43. The van der Waals surface area contributed by atoms with Gasteiger partial charge in [-0.25, -0.2) is 0 Å². The van der Waals surface area contributed by atoms with Crippen molar-refractivity contribution in [3.8, 4) is 0 Å². The van der Waals surface area contributed by atoms with E-state index < -0.39 is 0 Å². The fourth-order valence-corrected chi connectivity index (χ4v) is 2.61. The van der Waals surface area contributed by atoms with Gasteiger partial charge in [-0.1, -0.05) is 17.7 Å². The van der Waals surface area contributed by atoms with Gasteiger partial charge < -0.3 is 5.32 Å². The number of rotatable bonds is 1. The molecule has 74 valence electrons. The van der Waals surface area contributed by atoms with Gasteiger partial charge in [-0.3, -0.25) is 0 Å². The van der Waals surface area contributed by atoms with E-state index in [1.807, 2.05) is 6.07 Å². The number of fused-ring (bicyclic) bond motifs is 1. The molecule has 2 aliphatic rings. The fourth-order valence-electron chi connectivity index (χ4n) is 2.42. The van der Waals surface area contributed by atoms with E-state index in [-0.39, 0.29) is 0 Å². The summed E-state index contributed by atoms with van der Waals surface area (Å²) in [5.41, 5.74) is 2.94. The van der Waals surface area contributed by atoms with Crippen molar-refractivity contribution in [1.82, 2.24) is 5.32 Å². The van der Waals surface area contributed by atoms with Crippen molar-refractivity contribution in [1.29, 1.82) is 0 Å². The Morgan fingerprint density at radius 3 is 2.93 bits per heavy atom. The SMILES string of the molecule is Clc1ccc2c(c1)CCNC2C1CC1. The summed E-state index contributed by atoms with van der Waals surface area (Å²) in [5.74, 6) is 0.884. The van der Waals surface area contributed by atoms with E-state index in [4.69, 9.17) is 11.6 Å². The highest BCUT2D eigenvalue weighted by molar-refractivity contribution is 6.30. The van der Waals surface area contributed by atoms with Gasteiger partial charge in [0.15, 0.2) is 0 Å². The number of benzene rings is 1. The topological polar surface area (TPSA) is 12.0 Å². The van der Waals surface area contributed by atoms with Crippen molar-refractivity contribution in [2.24, 2.45) is 5.92 Å². The molecule has 1 saturated carbocycles. The van der Waals surface area contributed by atoms with Crippen molar-refractivity contribution in [2.75, 3.05) is 6.54 Å². The number of hydrogen-bond donors (Lipinski definition) is 1. The number of halogens is 1. The molecule has 0 aromatic heterocycles. The average molecular weight is 208 g/mol. The van der Waals surface area contributed by atoms with E-state index >= 15 is 0 Å². The molecule has 1 aromatic rings. The predicted octanol–water partition coefficient (Wildman–Crippen LogP) is 2.94. The molecule has 1 unspecified atom stereocenters. The minimum atomic E-state index is 0.607. The van der Waals surface area contributed by atoms with Gasteiger partial charge in [0, 0.05) is 11.1 Å². The minimum absolute atomic E-state index is 0.607. The van der Waals surface area contributed by atoms with Crippen molar-refractivity contribution < 1.29 is 0 Å². The lowest BCUT2D eigenvalue weighted by atomic mass is 9.92. The van der Waals surface area contributed by atoms with E-state index in [2.05, 4.69) is 17.4 Å². The Balaban J connectivity index is 2.01. The molecule has 0 spiro atoms.